The van der Waals surface area contributed by atoms with Crippen LogP contribution in [0.5, 0.6) is 0 Å². The topological polar surface area (TPSA) is 95.5 Å². The van der Waals surface area contributed by atoms with Gasteiger partial charge in [0.2, 0.25) is 16.8 Å². The van der Waals surface area contributed by atoms with Crippen molar-refractivity contribution in [1.29, 1.82) is 0 Å². The van der Waals surface area contributed by atoms with Gasteiger partial charge in [0, 0.05) is 13.0 Å². The van der Waals surface area contributed by atoms with E-state index in [0.29, 0.717) is 0 Å². The highest BCUT2D eigenvalue weighted by atomic mass is 32.3. The summed E-state index contributed by atoms with van der Waals surface area (Å²) in [6.07, 6.45) is 1.81. The highest BCUT2D eigenvalue weighted by molar-refractivity contribution is 7.80. The normalized spacial score (nSPS) is 11.4. The molecule has 0 saturated carbocycles. The van der Waals surface area contributed by atoms with Crippen molar-refractivity contribution in [3.63, 3.8) is 0 Å². The molecule has 1 N–H and O–H groups in total. The van der Waals surface area contributed by atoms with Crippen LogP contribution in [0.1, 0.15) is 20.3 Å². The van der Waals surface area contributed by atoms with Crippen molar-refractivity contribution >= 4 is 16.8 Å². The number of amides is 1. The average Bonchev–Trinajstić information content (AvgIpc) is 2.24. The highest BCUT2D eigenvalue weighted by Crippen LogP contribution is 1.96. The molecule has 0 fully saturated rings. The van der Waals surface area contributed by atoms with Gasteiger partial charge in [-0.05, 0) is 13.8 Å². The molecule has 0 heterocycles. The molecule has 0 atom stereocenters. The summed E-state index contributed by atoms with van der Waals surface area (Å²) >= 11 is 0. The third-order valence-electron chi connectivity index (χ3n) is 2.29. The second kappa shape index (κ2) is 10.2. The molecule has 7 nitrogen and oxygen atoms in total. The van der Waals surface area contributed by atoms with E-state index in [4.69, 9.17) is 0 Å². The van der Waals surface area contributed by atoms with Gasteiger partial charge in [-0.2, -0.15) is 0 Å². The van der Waals surface area contributed by atoms with Gasteiger partial charge in [0.1, 0.15) is 0 Å². The van der Waals surface area contributed by atoms with Gasteiger partial charge in [0.15, 0.2) is 0 Å². The van der Waals surface area contributed by atoms with E-state index in [1.54, 1.807) is 0 Å². The van der Waals surface area contributed by atoms with Crippen LogP contribution in [-0.4, -0.2) is 64.2 Å². The summed E-state index contributed by atoms with van der Waals surface area (Å²) in [6.45, 7) is 6.57. The lowest BCUT2D eigenvalue weighted by molar-refractivity contribution is -0.888. The summed E-state index contributed by atoms with van der Waals surface area (Å²) in [5, 5.41) is 2.65. The first-order chi connectivity index (χ1) is 8.18. The highest BCUT2D eigenvalue weighted by Gasteiger charge is 2.09. The molecule has 0 rings (SSSR count). The zero-order chi connectivity index (χ0) is 14.7. The predicted octanol–water partition coefficient (Wildman–Crippen LogP) is -0.298. The van der Waals surface area contributed by atoms with E-state index in [9.17, 15) is 17.8 Å². The Morgan fingerprint density at radius 1 is 1.33 bits per heavy atom. The van der Waals surface area contributed by atoms with Crippen LogP contribution < -0.4 is 5.32 Å². The minimum absolute atomic E-state index is 0.0914. The molecule has 0 spiro atoms. The standard InChI is InChI=1S/C8H18N2O.C2H6O4S/c1-4-10(2,3)7-5-6-9-8-11;1-2-6-7(3,4)5/h8H,4-7H2,1-3H3;2H2,1H3,(H,3,4,5). The van der Waals surface area contributed by atoms with Gasteiger partial charge < -0.3 is 14.4 Å². The minimum atomic E-state index is -4.42. The summed E-state index contributed by atoms with van der Waals surface area (Å²) in [7, 11) is -0.0335. The fraction of sp³-hybridized carbons (Fsp3) is 0.900. The van der Waals surface area contributed by atoms with Crippen molar-refractivity contribution in [1.82, 2.24) is 5.32 Å². The van der Waals surface area contributed by atoms with Crippen LogP contribution in [0, 0.1) is 0 Å². The van der Waals surface area contributed by atoms with Gasteiger partial charge in [-0.15, -0.1) is 0 Å². The number of rotatable bonds is 8. The largest absolute Gasteiger partial charge is 0.726 e. The minimum Gasteiger partial charge on any atom is -0.726 e. The number of carbonyl (C=O) groups excluding carboxylic acids is 1. The van der Waals surface area contributed by atoms with E-state index in [1.165, 1.54) is 6.92 Å². The van der Waals surface area contributed by atoms with Crippen molar-refractivity contribution in [2.75, 3.05) is 40.3 Å². The van der Waals surface area contributed by atoms with E-state index in [-0.39, 0.29) is 6.61 Å². The van der Waals surface area contributed by atoms with Crippen molar-refractivity contribution in [3.05, 3.63) is 0 Å². The van der Waals surface area contributed by atoms with Gasteiger partial charge in [-0.1, -0.05) is 0 Å². The molecule has 0 aliphatic rings. The first-order valence-electron chi connectivity index (χ1n) is 5.77. The van der Waals surface area contributed by atoms with Crippen LogP contribution in [0.3, 0.4) is 0 Å². The maximum Gasteiger partial charge on any atom is 0.217 e. The first-order valence-corrected chi connectivity index (χ1v) is 7.11. The molecule has 1 amide bonds. The number of carbonyl (C=O) groups is 1. The summed E-state index contributed by atoms with van der Waals surface area (Å²) in [4.78, 5) is 9.88. The van der Waals surface area contributed by atoms with Crippen LogP contribution in [0.4, 0.5) is 0 Å². The van der Waals surface area contributed by atoms with Gasteiger partial charge >= 0.3 is 0 Å². The zero-order valence-corrected chi connectivity index (χ0v) is 12.3. The van der Waals surface area contributed by atoms with E-state index in [0.717, 1.165) is 36.9 Å². The fourth-order valence-corrected chi connectivity index (χ4v) is 1.26. The Kier molecular flexibility index (Phi) is 11.2. The molecule has 0 aromatic heterocycles. The Morgan fingerprint density at radius 3 is 2.17 bits per heavy atom. The molecule has 8 heteroatoms. The monoisotopic (exact) mass is 284 g/mol. The lowest BCUT2D eigenvalue weighted by Gasteiger charge is -2.27. The summed E-state index contributed by atoms with van der Waals surface area (Å²) in [6, 6.07) is 0. The molecule has 0 radical (unpaired) electrons. The van der Waals surface area contributed by atoms with Crippen LogP contribution in [0.2, 0.25) is 0 Å². The lowest BCUT2D eigenvalue weighted by atomic mass is 10.3. The molecule has 18 heavy (non-hydrogen) atoms. The first kappa shape index (κ1) is 19.6. The average molecular weight is 284 g/mol. The maximum absolute atomic E-state index is 9.88. The number of nitrogens with one attached hydrogen (secondary N) is 1. The Labute approximate surface area is 110 Å². The van der Waals surface area contributed by atoms with E-state index in [2.05, 4.69) is 30.5 Å². The number of quaternary nitrogens is 1. The van der Waals surface area contributed by atoms with Crippen molar-refractivity contribution in [2.24, 2.45) is 0 Å². The van der Waals surface area contributed by atoms with Gasteiger partial charge in [-0.3, -0.25) is 8.98 Å². The fourth-order valence-electron chi connectivity index (χ4n) is 0.971. The van der Waals surface area contributed by atoms with Gasteiger partial charge in [0.25, 0.3) is 0 Å². The van der Waals surface area contributed by atoms with Gasteiger partial charge in [-0.25, -0.2) is 8.42 Å². The van der Waals surface area contributed by atoms with Crippen molar-refractivity contribution in [2.45, 2.75) is 20.3 Å². The Morgan fingerprint density at radius 2 is 1.89 bits per heavy atom. The third kappa shape index (κ3) is 17.7. The predicted molar refractivity (Wildman–Crippen MR) is 67.5 cm³/mol. The van der Waals surface area contributed by atoms with Crippen molar-refractivity contribution < 1.29 is 26.4 Å². The third-order valence-corrected chi connectivity index (χ3v) is 2.81. The Bertz CT molecular complexity index is 303. The lowest BCUT2D eigenvalue weighted by Crippen LogP contribution is -2.40. The number of hydrogen-bond acceptors (Lipinski definition) is 5. The second-order valence-corrected chi connectivity index (χ2v) is 5.27. The van der Waals surface area contributed by atoms with E-state index >= 15 is 0 Å². The Balaban J connectivity index is 0. The van der Waals surface area contributed by atoms with Gasteiger partial charge in [0.05, 0.1) is 33.8 Å². The molecule has 0 unspecified atom stereocenters. The molecule has 0 saturated heterocycles. The number of hydrogen-bond donors (Lipinski definition) is 1. The van der Waals surface area contributed by atoms with E-state index < -0.39 is 10.4 Å². The molecule has 0 aliphatic carbocycles. The summed E-state index contributed by atoms with van der Waals surface area (Å²) < 4.78 is 33.0. The van der Waals surface area contributed by atoms with Crippen LogP contribution in [-0.2, 0) is 19.4 Å². The molecular weight excluding hydrogens is 260 g/mol. The summed E-state index contributed by atoms with van der Waals surface area (Å²) in [5.74, 6) is 0. The molecular formula is C10H24N2O5S. The Hall–Kier alpha value is -0.700. The summed E-state index contributed by atoms with van der Waals surface area (Å²) in [5.41, 5.74) is 0. The van der Waals surface area contributed by atoms with Crippen LogP contribution >= 0.6 is 0 Å². The SMILES string of the molecule is CCOS(=O)(=O)[O-].CC[N+](C)(C)CCCNC=O. The van der Waals surface area contributed by atoms with Crippen molar-refractivity contribution in [3.8, 4) is 0 Å². The smallest absolute Gasteiger partial charge is 0.217 e. The maximum atomic E-state index is 9.88. The quantitative estimate of drug-likeness (QED) is 0.217. The van der Waals surface area contributed by atoms with Crippen LogP contribution in [0.15, 0.2) is 0 Å². The molecule has 0 aromatic carbocycles. The molecule has 0 bridgehead atoms. The number of nitrogens with zero attached hydrogens (tertiary/aromatic N) is 1. The molecule has 0 aromatic rings. The van der Waals surface area contributed by atoms with Crippen LogP contribution in [0.25, 0.3) is 0 Å². The zero-order valence-electron chi connectivity index (χ0n) is 11.5. The molecule has 0 aliphatic heterocycles. The second-order valence-electron chi connectivity index (χ2n) is 4.22. The van der Waals surface area contributed by atoms with E-state index in [1.807, 2.05) is 0 Å². The molecule has 110 valence electrons.